The summed E-state index contributed by atoms with van der Waals surface area (Å²) in [7, 11) is -2.88. The van der Waals surface area contributed by atoms with E-state index < -0.39 is 21.2 Å². The maximum Gasteiger partial charge on any atom is 0.310 e. The summed E-state index contributed by atoms with van der Waals surface area (Å²) in [5.74, 6) is 3.04. The zero-order valence-electron chi connectivity index (χ0n) is 37.5. The molecular formula is C50H72N4O5S. The number of pyridine rings is 1. The molecule has 7 aliphatic rings. The monoisotopic (exact) mass is 841 g/mol. The molecule has 0 bridgehead atoms. The Hall–Kier alpha value is -3.00. The molecule has 1 saturated heterocycles. The van der Waals surface area contributed by atoms with Gasteiger partial charge in [-0.3, -0.25) is 4.79 Å². The Morgan fingerprint density at radius 3 is 2.45 bits per heavy atom. The quantitative estimate of drug-likeness (QED) is 0.209. The SMILES string of the molecule is C=C(C)[C@@H]1CC[C@]2(NCCN3CCS(=O)(=O)CC3)CC[C@]3(C)[C@H](CC[C@@H]4[C@@]5(C)CC=C(C6=CC[C@@](CCOc7ncccc7C#N)(C(=O)O)CC6)C(C)(C)[C@@H]5CC[C@]43C)[C@@H]12. The van der Waals surface area contributed by atoms with Crippen molar-refractivity contribution in [3.8, 4) is 11.9 Å². The number of rotatable bonds is 11. The van der Waals surface area contributed by atoms with Crippen molar-refractivity contribution in [2.24, 2.45) is 56.7 Å². The van der Waals surface area contributed by atoms with Crippen molar-refractivity contribution in [2.45, 2.75) is 131 Å². The molecule has 10 heteroatoms. The fourth-order valence-electron chi connectivity index (χ4n) is 15.6. The number of aliphatic carboxylic acids is 1. The van der Waals surface area contributed by atoms with Crippen LogP contribution in [0.1, 0.15) is 131 Å². The molecule has 1 aromatic heterocycles. The van der Waals surface area contributed by atoms with Crippen LogP contribution in [0.5, 0.6) is 5.88 Å². The molecule has 0 amide bonds. The van der Waals surface area contributed by atoms with Crippen LogP contribution in [0.15, 0.2) is 53.8 Å². The molecule has 0 aromatic carbocycles. The lowest BCUT2D eigenvalue weighted by molar-refractivity contribution is -0.221. The van der Waals surface area contributed by atoms with Crippen molar-refractivity contribution in [2.75, 3.05) is 44.3 Å². The third-order valence-electron chi connectivity index (χ3n) is 19.1. The van der Waals surface area contributed by atoms with Crippen molar-refractivity contribution in [1.82, 2.24) is 15.2 Å². The van der Waals surface area contributed by atoms with Crippen molar-refractivity contribution in [3.05, 3.63) is 59.3 Å². The first kappa shape index (κ1) is 43.6. The molecule has 0 unspecified atom stereocenters. The zero-order chi connectivity index (χ0) is 42.9. The Morgan fingerprint density at radius 2 is 1.77 bits per heavy atom. The average molecular weight is 841 g/mol. The van der Waals surface area contributed by atoms with Crippen LogP contribution in [0.2, 0.25) is 0 Å². The lowest BCUT2D eigenvalue weighted by Crippen LogP contribution is -2.68. The number of ether oxygens (including phenoxy) is 1. The van der Waals surface area contributed by atoms with E-state index in [2.05, 4.69) is 81.5 Å². The minimum Gasteiger partial charge on any atom is -0.481 e. The number of nitriles is 1. The van der Waals surface area contributed by atoms with Crippen LogP contribution in [0, 0.1) is 68.0 Å². The van der Waals surface area contributed by atoms with Crippen LogP contribution < -0.4 is 10.1 Å². The normalized spacial score (nSPS) is 40.6. The third kappa shape index (κ3) is 7.03. The summed E-state index contributed by atoms with van der Waals surface area (Å²) in [6.45, 7) is 23.3. The van der Waals surface area contributed by atoms with E-state index >= 15 is 0 Å². The number of allylic oxidation sites excluding steroid dienone is 5. The lowest BCUT2D eigenvalue weighted by Gasteiger charge is -2.72. The molecule has 10 atom stereocenters. The predicted molar refractivity (Wildman–Crippen MR) is 237 cm³/mol. The Bertz CT molecular complexity index is 2080. The van der Waals surface area contributed by atoms with Gasteiger partial charge in [-0.2, -0.15) is 5.26 Å². The summed E-state index contributed by atoms with van der Waals surface area (Å²) in [5, 5.41) is 24.2. The van der Waals surface area contributed by atoms with Gasteiger partial charge in [-0.15, -0.1) is 0 Å². The van der Waals surface area contributed by atoms with Crippen molar-refractivity contribution < 1.29 is 23.1 Å². The number of fused-ring (bicyclic) bond motifs is 7. The minimum atomic E-state index is -2.88. The van der Waals surface area contributed by atoms with Crippen LogP contribution in [-0.2, 0) is 14.6 Å². The number of carboxylic acid groups (broad SMARTS) is 1. The Morgan fingerprint density at radius 1 is 1.00 bits per heavy atom. The molecule has 9 nitrogen and oxygen atoms in total. The smallest absolute Gasteiger partial charge is 0.310 e. The van der Waals surface area contributed by atoms with E-state index in [-0.39, 0.29) is 51.2 Å². The van der Waals surface area contributed by atoms with Crippen LogP contribution in [0.25, 0.3) is 0 Å². The number of hydrogen-bond donors (Lipinski definition) is 2. The van der Waals surface area contributed by atoms with Crippen LogP contribution in [0.4, 0.5) is 0 Å². The van der Waals surface area contributed by atoms with Crippen molar-refractivity contribution in [3.63, 3.8) is 0 Å². The molecule has 2 N–H and O–H groups in total. The van der Waals surface area contributed by atoms with E-state index in [4.69, 9.17) is 4.74 Å². The van der Waals surface area contributed by atoms with Crippen LogP contribution in [0.3, 0.4) is 0 Å². The molecule has 4 saturated carbocycles. The highest BCUT2D eigenvalue weighted by molar-refractivity contribution is 7.91. The van der Waals surface area contributed by atoms with Gasteiger partial charge in [-0.1, -0.05) is 58.9 Å². The highest BCUT2D eigenvalue weighted by atomic mass is 32.2. The first-order valence-electron chi connectivity index (χ1n) is 23.3. The van der Waals surface area contributed by atoms with Crippen molar-refractivity contribution in [1.29, 1.82) is 5.26 Å². The van der Waals surface area contributed by atoms with Gasteiger partial charge in [0.15, 0.2) is 9.84 Å². The summed E-state index contributed by atoms with van der Waals surface area (Å²) in [6.07, 6.45) is 19.6. The molecule has 8 rings (SSSR count). The van der Waals surface area contributed by atoms with Gasteiger partial charge in [0.25, 0.3) is 0 Å². The molecule has 0 radical (unpaired) electrons. The van der Waals surface area contributed by atoms with Gasteiger partial charge in [0, 0.05) is 37.9 Å². The number of sulfone groups is 1. The highest BCUT2D eigenvalue weighted by Gasteiger charge is 2.70. The molecule has 5 fully saturated rings. The number of carboxylic acids is 1. The zero-order valence-corrected chi connectivity index (χ0v) is 38.3. The molecule has 2 heterocycles. The van der Waals surface area contributed by atoms with Gasteiger partial charge in [-0.05, 0) is 165 Å². The highest BCUT2D eigenvalue weighted by Crippen LogP contribution is 2.76. The van der Waals surface area contributed by atoms with E-state index in [1.54, 1.807) is 18.3 Å². The van der Waals surface area contributed by atoms with Gasteiger partial charge in [0.1, 0.15) is 11.6 Å². The lowest BCUT2D eigenvalue weighted by atomic mass is 9.33. The molecule has 0 spiro atoms. The Balaban J connectivity index is 0.990. The molecule has 1 aliphatic heterocycles. The Kier molecular flexibility index (Phi) is 11.4. The fourth-order valence-corrected chi connectivity index (χ4v) is 16.9. The number of nitrogens with zero attached hydrogens (tertiary/aromatic N) is 3. The third-order valence-corrected chi connectivity index (χ3v) is 20.7. The van der Waals surface area contributed by atoms with Gasteiger partial charge >= 0.3 is 5.97 Å². The maximum absolute atomic E-state index is 12.8. The summed E-state index contributed by atoms with van der Waals surface area (Å²) in [4.78, 5) is 19.4. The average Bonchev–Trinajstić information content (AvgIpc) is 3.59. The number of carbonyl (C=O) groups is 1. The molecular weight excluding hydrogens is 769 g/mol. The minimum absolute atomic E-state index is 0.0163. The van der Waals surface area contributed by atoms with Gasteiger partial charge in [-0.25, -0.2) is 13.4 Å². The van der Waals surface area contributed by atoms with Crippen molar-refractivity contribution >= 4 is 15.8 Å². The first-order valence-corrected chi connectivity index (χ1v) is 25.1. The van der Waals surface area contributed by atoms with E-state index in [1.165, 1.54) is 68.1 Å². The number of hydrogen-bond acceptors (Lipinski definition) is 8. The second-order valence-corrected chi connectivity index (χ2v) is 24.2. The standard InChI is InChI=1S/C50H72N4O5S/c1-34(2)37-14-21-50(53-26-27-54-28-31-60(57,58)32-29-54)23-22-47(6)39(42(37)50)10-11-41-46(5)17-15-38(45(3,4)40(46)16-18-48(41,47)7)35-12-19-49(20-13-35,44(55)56)24-30-59-43-36(33-51)9-8-25-52-43/h8-9,12,15,25,37,39-42,53H,1,10-11,13-14,16-24,26-32H2,2-7H3,(H,55,56)/t37-,39+,40-,41+,42+,46-,47+,48+,49+,50-/m0/s1. The van der Waals surface area contributed by atoms with E-state index in [0.717, 1.165) is 25.9 Å². The summed E-state index contributed by atoms with van der Waals surface area (Å²) in [5.41, 5.74) is 4.40. The summed E-state index contributed by atoms with van der Waals surface area (Å²) < 4.78 is 30.1. The number of aromatic nitrogens is 1. The molecule has 6 aliphatic carbocycles. The van der Waals surface area contributed by atoms with Crippen LogP contribution >= 0.6 is 0 Å². The maximum atomic E-state index is 12.8. The van der Waals surface area contributed by atoms with Gasteiger partial charge in [0.2, 0.25) is 5.88 Å². The largest absolute Gasteiger partial charge is 0.481 e. The van der Waals surface area contributed by atoms with Gasteiger partial charge < -0.3 is 20.1 Å². The predicted octanol–water partition coefficient (Wildman–Crippen LogP) is 9.17. The van der Waals surface area contributed by atoms with E-state index in [0.29, 0.717) is 67.5 Å². The number of nitrogens with one attached hydrogen (secondary N) is 1. The second kappa shape index (κ2) is 15.7. The summed E-state index contributed by atoms with van der Waals surface area (Å²) in [6, 6.07) is 5.48. The fraction of sp³-hybridized carbons (Fsp3) is 0.740. The summed E-state index contributed by atoms with van der Waals surface area (Å²) >= 11 is 0. The van der Waals surface area contributed by atoms with E-state index in [9.17, 15) is 23.6 Å². The van der Waals surface area contributed by atoms with Gasteiger partial charge in [0.05, 0.1) is 23.5 Å². The second-order valence-electron chi connectivity index (χ2n) is 21.9. The molecule has 1 aromatic rings. The molecule has 60 heavy (non-hydrogen) atoms. The van der Waals surface area contributed by atoms with Crippen LogP contribution in [-0.4, -0.2) is 79.2 Å². The topological polar surface area (TPSA) is 133 Å². The molecule has 328 valence electrons. The van der Waals surface area contributed by atoms with E-state index in [1.807, 2.05) is 0 Å². The Labute approximate surface area is 360 Å². The first-order chi connectivity index (χ1) is 28.3.